The lowest BCUT2D eigenvalue weighted by molar-refractivity contribution is -0.137. The number of nitrogens with zero attached hydrogens (tertiary/aromatic N) is 1. The molecule has 2 aromatic rings. The zero-order chi connectivity index (χ0) is 18.3. The van der Waals surface area contributed by atoms with E-state index in [1.165, 1.54) is 11.3 Å². The second-order valence-corrected chi connectivity index (χ2v) is 8.68. The summed E-state index contributed by atoms with van der Waals surface area (Å²) in [6.07, 6.45) is 1.05. The van der Waals surface area contributed by atoms with E-state index in [-0.39, 0.29) is 18.6 Å². The Hall–Kier alpha value is -1.77. The smallest absolute Gasteiger partial charge is 0.303 e. The maximum atomic E-state index is 12.4. The first-order chi connectivity index (χ1) is 11.9. The molecule has 0 fully saturated rings. The number of carboxylic acids is 1. The van der Waals surface area contributed by atoms with Gasteiger partial charge in [-0.15, -0.1) is 11.3 Å². The number of aromatic nitrogens is 1. The van der Waals surface area contributed by atoms with E-state index < -0.39 is 22.0 Å². The quantitative estimate of drug-likeness (QED) is 0.658. The molecule has 1 aromatic carbocycles. The van der Waals surface area contributed by atoms with Gasteiger partial charge in [-0.05, 0) is 31.7 Å². The highest BCUT2D eigenvalue weighted by Gasteiger charge is 2.20. The predicted octanol–water partition coefficient (Wildman–Crippen LogP) is 2.39. The lowest BCUT2D eigenvalue weighted by Gasteiger charge is -2.18. The van der Waals surface area contributed by atoms with Crippen LogP contribution in [-0.2, 0) is 27.7 Å². The van der Waals surface area contributed by atoms with E-state index >= 15 is 0 Å². The highest BCUT2D eigenvalue weighted by Crippen LogP contribution is 2.14. The van der Waals surface area contributed by atoms with Gasteiger partial charge in [0, 0.05) is 17.3 Å². The van der Waals surface area contributed by atoms with Gasteiger partial charge in [0.1, 0.15) is 0 Å². The Morgan fingerprint density at radius 3 is 2.64 bits per heavy atom. The Morgan fingerprint density at radius 2 is 2.04 bits per heavy atom. The number of aryl methyl sites for hydroxylation is 2. The molecule has 1 heterocycles. The summed E-state index contributed by atoms with van der Waals surface area (Å²) in [5.74, 6) is -0.966. The highest BCUT2D eigenvalue weighted by molar-refractivity contribution is 7.89. The van der Waals surface area contributed by atoms with Gasteiger partial charge in [-0.2, -0.15) is 0 Å². The third-order valence-corrected chi connectivity index (χ3v) is 6.25. The number of hydrogen-bond donors (Lipinski definition) is 2. The molecule has 0 saturated heterocycles. The fourth-order valence-electron chi connectivity index (χ4n) is 2.51. The molecular weight excluding hydrogens is 360 g/mol. The fraction of sp³-hybridized carbons (Fsp3) is 0.412. The maximum Gasteiger partial charge on any atom is 0.303 e. The fourth-order valence-corrected chi connectivity index (χ4v) is 4.72. The molecule has 2 rings (SSSR count). The van der Waals surface area contributed by atoms with E-state index in [0.29, 0.717) is 12.8 Å². The van der Waals surface area contributed by atoms with Gasteiger partial charge in [-0.1, -0.05) is 30.3 Å². The number of nitrogens with one attached hydrogen (secondary N) is 1. The Balaban J connectivity index is 2.00. The number of sulfonamides is 1. The summed E-state index contributed by atoms with van der Waals surface area (Å²) < 4.78 is 27.5. The molecule has 0 amide bonds. The zero-order valence-corrected chi connectivity index (χ0v) is 15.6. The average molecular weight is 383 g/mol. The standard InChI is InChI=1S/C17H22N2O4S2/c1-13-16(24-12-18-13)9-10-25(22,23)19-15(7-8-17(20)21)11-14-5-3-2-4-6-14/h2-6,12,15,19H,7-11H2,1H3,(H,20,21). The molecule has 0 bridgehead atoms. The third kappa shape index (κ3) is 6.93. The van der Waals surface area contributed by atoms with Crippen LogP contribution in [0, 0.1) is 6.92 Å². The van der Waals surface area contributed by atoms with E-state index in [1.54, 1.807) is 5.51 Å². The molecule has 0 radical (unpaired) electrons. The number of carboxylic acid groups (broad SMARTS) is 1. The van der Waals surface area contributed by atoms with Crippen molar-refractivity contribution in [3.8, 4) is 0 Å². The van der Waals surface area contributed by atoms with Gasteiger partial charge < -0.3 is 5.11 Å². The van der Waals surface area contributed by atoms with Crippen molar-refractivity contribution >= 4 is 27.3 Å². The predicted molar refractivity (Wildman–Crippen MR) is 98.3 cm³/mol. The molecule has 8 heteroatoms. The summed E-state index contributed by atoms with van der Waals surface area (Å²) in [5.41, 5.74) is 3.53. The first kappa shape index (κ1) is 19.6. The molecule has 0 aliphatic carbocycles. The molecule has 0 aliphatic heterocycles. The van der Waals surface area contributed by atoms with Gasteiger partial charge in [0.05, 0.1) is 17.0 Å². The van der Waals surface area contributed by atoms with Crippen LogP contribution >= 0.6 is 11.3 Å². The van der Waals surface area contributed by atoms with Crippen molar-refractivity contribution in [2.24, 2.45) is 0 Å². The Kier molecular flexibility index (Phi) is 7.10. The lowest BCUT2D eigenvalue weighted by atomic mass is 10.0. The second kappa shape index (κ2) is 9.07. The Bertz CT molecular complexity index is 788. The normalized spacial score (nSPS) is 12.8. The van der Waals surface area contributed by atoms with E-state index in [1.807, 2.05) is 37.3 Å². The molecule has 1 atom stereocenters. The minimum atomic E-state index is -3.51. The van der Waals surface area contributed by atoms with Crippen molar-refractivity contribution < 1.29 is 18.3 Å². The molecular formula is C17H22N2O4S2. The van der Waals surface area contributed by atoms with Crippen molar-refractivity contribution in [1.82, 2.24) is 9.71 Å². The molecule has 1 aromatic heterocycles. The second-order valence-electron chi connectivity index (χ2n) is 5.87. The van der Waals surface area contributed by atoms with E-state index in [9.17, 15) is 13.2 Å². The van der Waals surface area contributed by atoms with Gasteiger partial charge in [0.2, 0.25) is 10.0 Å². The number of rotatable bonds is 10. The van der Waals surface area contributed by atoms with Crippen molar-refractivity contribution in [2.75, 3.05) is 5.75 Å². The summed E-state index contributed by atoms with van der Waals surface area (Å²) in [7, 11) is -3.51. The van der Waals surface area contributed by atoms with E-state index in [4.69, 9.17) is 5.11 Å². The SMILES string of the molecule is Cc1ncsc1CCS(=O)(=O)NC(CCC(=O)O)Cc1ccccc1. The van der Waals surface area contributed by atoms with Crippen LogP contribution in [0.3, 0.4) is 0 Å². The molecule has 2 N–H and O–H groups in total. The Morgan fingerprint density at radius 1 is 1.32 bits per heavy atom. The van der Waals surface area contributed by atoms with Gasteiger partial charge in [0.15, 0.2) is 0 Å². The van der Waals surface area contributed by atoms with Gasteiger partial charge in [0.25, 0.3) is 0 Å². The van der Waals surface area contributed by atoms with Crippen LogP contribution in [0.15, 0.2) is 35.8 Å². The first-order valence-electron chi connectivity index (χ1n) is 8.00. The van der Waals surface area contributed by atoms with E-state index in [0.717, 1.165) is 16.1 Å². The minimum Gasteiger partial charge on any atom is -0.481 e. The van der Waals surface area contributed by atoms with Gasteiger partial charge in [-0.3, -0.25) is 4.79 Å². The molecule has 6 nitrogen and oxygen atoms in total. The molecule has 136 valence electrons. The van der Waals surface area contributed by atoms with Crippen molar-refractivity contribution in [3.05, 3.63) is 52.0 Å². The summed E-state index contributed by atoms with van der Waals surface area (Å²) in [4.78, 5) is 15.9. The van der Waals surface area contributed by atoms with Crippen LogP contribution in [-0.4, -0.2) is 36.3 Å². The van der Waals surface area contributed by atoms with Crippen molar-refractivity contribution in [3.63, 3.8) is 0 Å². The van der Waals surface area contributed by atoms with Crippen LogP contribution in [0.5, 0.6) is 0 Å². The molecule has 0 spiro atoms. The average Bonchev–Trinajstić information content (AvgIpc) is 2.97. The van der Waals surface area contributed by atoms with Gasteiger partial charge >= 0.3 is 5.97 Å². The zero-order valence-electron chi connectivity index (χ0n) is 14.0. The molecule has 0 saturated carbocycles. The summed E-state index contributed by atoms with van der Waals surface area (Å²) in [5, 5.41) is 8.90. The number of hydrogen-bond acceptors (Lipinski definition) is 5. The van der Waals surface area contributed by atoms with Crippen LogP contribution < -0.4 is 4.72 Å². The van der Waals surface area contributed by atoms with Crippen LogP contribution in [0.4, 0.5) is 0 Å². The molecule has 25 heavy (non-hydrogen) atoms. The van der Waals surface area contributed by atoms with Crippen LogP contribution in [0.2, 0.25) is 0 Å². The highest BCUT2D eigenvalue weighted by atomic mass is 32.2. The molecule has 1 unspecified atom stereocenters. The number of thiazole rings is 1. The summed E-state index contributed by atoms with van der Waals surface area (Å²) in [6.45, 7) is 1.86. The lowest BCUT2D eigenvalue weighted by Crippen LogP contribution is -2.38. The minimum absolute atomic E-state index is 0.0333. The Labute approximate surface area is 152 Å². The monoisotopic (exact) mass is 382 g/mol. The van der Waals surface area contributed by atoms with Crippen LogP contribution in [0.1, 0.15) is 29.0 Å². The summed E-state index contributed by atoms with van der Waals surface area (Å²) in [6, 6.07) is 9.02. The molecule has 0 aliphatic rings. The first-order valence-corrected chi connectivity index (χ1v) is 10.5. The van der Waals surface area contributed by atoms with Crippen molar-refractivity contribution in [2.45, 2.75) is 38.6 Å². The van der Waals surface area contributed by atoms with Gasteiger partial charge in [-0.25, -0.2) is 18.1 Å². The topological polar surface area (TPSA) is 96.4 Å². The summed E-state index contributed by atoms with van der Waals surface area (Å²) >= 11 is 1.44. The van der Waals surface area contributed by atoms with Crippen molar-refractivity contribution in [1.29, 1.82) is 0 Å². The van der Waals surface area contributed by atoms with E-state index in [2.05, 4.69) is 9.71 Å². The van der Waals surface area contributed by atoms with Crippen LogP contribution in [0.25, 0.3) is 0 Å². The number of carbonyl (C=O) groups is 1. The number of benzene rings is 1. The third-order valence-electron chi connectivity index (χ3n) is 3.82. The maximum absolute atomic E-state index is 12.4. The number of aliphatic carboxylic acids is 1. The largest absolute Gasteiger partial charge is 0.481 e.